The zero-order valence-corrected chi connectivity index (χ0v) is 10.3. The number of rotatable bonds is 7. The molecule has 0 saturated heterocycles. The van der Waals surface area contributed by atoms with Gasteiger partial charge in [0.15, 0.2) is 6.61 Å². The van der Waals surface area contributed by atoms with Gasteiger partial charge >= 0.3 is 0 Å². The molecule has 0 aliphatic rings. The van der Waals surface area contributed by atoms with Crippen molar-refractivity contribution in [3.8, 4) is 5.75 Å². The molecule has 17 heavy (non-hydrogen) atoms. The van der Waals surface area contributed by atoms with Crippen molar-refractivity contribution in [2.75, 3.05) is 19.8 Å². The topological polar surface area (TPSA) is 47.6 Å². The van der Waals surface area contributed by atoms with Gasteiger partial charge in [-0.15, -0.1) is 0 Å². The van der Waals surface area contributed by atoms with E-state index in [0.717, 1.165) is 0 Å². The van der Waals surface area contributed by atoms with Crippen LogP contribution in [0.25, 0.3) is 0 Å². The summed E-state index contributed by atoms with van der Waals surface area (Å²) in [5.74, 6) is 0.558. The molecule has 0 aromatic heterocycles. The average molecular weight is 237 g/mol. The molecule has 1 aromatic carbocycles. The monoisotopic (exact) mass is 237 g/mol. The summed E-state index contributed by atoms with van der Waals surface area (Å²) in [6.45, 7) is 4.98. The minimum atomic E-state index is -0.138. The Labute approximate surface area is 102 Å². The molecule has 1 amide bonds. The normalized spacial score (nSPS) is 10.3. The highest BCUT2D eigenvalue weighted by molar-refractivity contribution is 5.77. The fourth-order valence-corrected chi connectivity index (χ4v) is 1.20. The van der Waals surface area contributed by atoms with Crippen LogP contribution in [0.3, 0.4) is 0 Å². The Hall–Kier alpha value is -1.55. The molecule has 0 aliphatic heterocycles. The van der Waals surface area contributed by atoms with E-state index in [9.17, 15) is 4.79 Å². The van der Waals surface area contributed by atoms with E-state index in [0.29, 0.717) is 18.9 Å². The van der Waals surface area contributed by atoms with Crippen molar-refractivity contribution in [1.29, 1.82) is 0 Å². The average Bonchev–Trinajstić information content (AvgIpc) is 2.33. The van der Waals surface area contributed by atoms with Gasteiger partial charge in [0.25, 0.3) is 5.91 Å². The largest absolute Gasteiger partial charge is 0.484 e. The first-order valence-corrected chi connectivity index (χ1v) is 5.74. The minimum absolute atomic E-state index is 0.0334. The van der Waals surface area contributed by atoms with Crippen LogP contribution in [0, 0.1) is 0 Å². The highest BCUT2D eigenvalue weighted by Crippen LogP contribution is 2.07. The molecule has 4 heteroatoms. The predicted molar refractivity (Wildman–Crippen MR) is 66.0 cm³/mol. The molecule has 0 atom stereocenters. The number of carbonyl (C=O) groups is 1. The molecule has 1 rings (SSSR count). The summed E-state index contributed by atoms with van der Waals surface area (Å²) < 4.78 is 10.6. The van der Waals surface area contributed by atoms with E-state index in [1.54, 1.807) is 0 Å². The Balaban J connectivity index is 2.09. The van der Waals surface area contributed by atoms with E-state index in [2.05, 4.69) is 5.32 Å². The lowest BCUT2D eigenvalue weighted by atomic mass is 10.3. The van der Waals surface area contributed by atoms with E-state index in [1.807, 2.05) is 44.2 Å². The van der Waals surface area contributed by atoms with Crippen molar-refractivity contribution >= 4 is 5.91 Å². The van der Waals surface area contributed by atoms with Gasteiger partial charge in [-0.3, -0.25) is 4.79 Å². The number of hydrogen-bond acceptors (Lipinski definition) is 3. The van der Waals surface area contributed by atoms with Gasteiger partial charge in [0.2, 0.25) is 0 Å². The second-order valence-corrected chi connectivity index (χ2v) is 3.87. The maximum atomic E-state index is 11.4. The maximum absolute atomic E-state index is 11.4. The molecule has 0 saturated carbocycles. The number of para-hydroxylation sites is 1. The zero-order chi connectivity index (χ0) is 12.5. The van der Waals surface area contributed by atoms with Crippen molar-refractivity contribution in [2.24, 2.45) is 0 Å². The van der Waals surface area contributed by atoms with Gasteiger partial charge in [0, 0.05) is 6.54 Å². The summed E-state index contributed by atoms with van der Waals surface area (Å²) in [6.07, 6.45) is 0.187. The second-order valence-electron chi connectivity index (χ2n) is 3.87. The number of hydrogen-bond donors (Lipinski definition) is 1. The molecule has 1 N–H and O–H groups in total. The van der Waals surface area contributed by atoms with Gasteiger partial charge in [0.05, 0.1) is 12.7 Å². The summed E-state index contributed by atoms with van der Waals surface area (Å²) in [5.41, 5.74) is 0. The molecule has 0 fully saturated rings. The van der Waals surface area contributed by atoms with Crippen molar-refractivity contribution in [3.05, 3.63) is 30.3 Å². The SMILES string of the molecule is CC(C)OCCNC(=O)COc1ccccc1. The second kappa shape index (κ2) is 7.68. The molecule has 0 heterocycles. The van der Waals surface area contributed by atoms with Gasteiger partial charge < -0.3 is 14.8 Å². The number of amides is 1. The number of nitrogens with one attached hydrogen (secondary N) is 1. The van der Waals surface area contributed by atoms with Crippen LogP contribution < -0.4 is 10.1 Å². The molecular formula is C13H19NO3. The third-order valence-electron chi connectivity index (χ3n) is 1.99. The molecule has 1 aromatic rings. The fourth-order valence-electron chi connectivity index (χ4n) is 1.20. The van der Waals surface area contributed by atoms with Crippen molar-refractivity contribution in [3.63, 3.8) is 0 Å². The fraction of sp³-hybridized carbons (Fsp3) is 0.462. The smallest absolute Gasteiger partial charge is 0.258 e. The number of carbonyl (C=O) groups excluding carboxylic acids is 1. The molecule has 0 spiro atoms. The van der Waals surface area contributed by atoms with Crippen LogP contribution in [-0.4, -0.2) is 31.8 Å². The van der Waals surface area contributed by atoms with Gasteiger partial charge in [-0.2, -0.15) is 0 Å². The third-order valence-corrected chi connectivity index (χ3v) is 1.99. The summed E-state index contributed by atoms with van der Waals surface area (Å²) in [7, 11) is 0. The zero-order valence-electron chi connectivity index (χ0n) is 10.3. The molecule has 94 valence electrons. The summed E-state index contributed by atoms with van der Waals surface area (Å²) in [6, 6.07) is 9.26. The lowest BCUT2D eigenvalue weighted by Crippen LogP contribution is -2.32. The molecular weight excluding hydrogens is 218 g/mol. The summed E-state index contributed by atoms with van der Waals surface area (Å²) >= 11 is 0. The first kappa shape index (κ1) is 13.5. The molecule has 0 bridgehead atoms. The Bertz CT molecular complexity index is 325. The molecule has 0 unspecified atom stereocenters. The Morgan fingerprint density at radius 3 is 2.65 bits per heavy atom. The molecule has 0 radical (unpaired) electrons. The van der Waals surface area contributed by atoms with E-state index in [4.69, 9.17) is 9.47 Å². The van der Waals surface area contributed by atoms with E-state index < -0.39 is 0 Å². The summed E-state index contributed by atoms with van der Waals surface area (Å²) in [4.78, 5) is 11.4. The highest BCUT2D eigenvalue weighted by atomic mass is 16.5. The van der Waals surface area contributed by atoms with Gasteiger partial charge in [0.1, 0.15) is 5.75 Å². The maximum Gasteiger partial charge on any atom is 0.258 e. The quantitative estimate of drug-likeness (QED) is 0.733. The first-order valence-electron chi connectivity index (χ1n) is 5.74. The molecule has 4 nitrogen and oxygen atoms in total. The molecule has 0 aliphatic carbocycles. The Kier molecular flexibility index (Phi) is 6.10. The first-order chi connectivity index (χ1) is 8.18. The number of benzene rings is 1. The van der Waals surface area contributed by atoms with E-state index >= 15 is 0 Å². The van der Waals surface area contributed by atoms with Crippen LogP contribution in [0.1, 0.15) is 13.8 Å². The Morgan fingerprint density at radius 2 is 2.00 bits per heavy atom. The van der Waals surface area contributed by atoms with Crippen LogP contribution in [-0.2, 0) is 9.53 Å². The lowest BCUT2D eigenvalue weighted by molar-refractivity contribution is -0.123. The van der Waals surface area contributed by atoms with Gasteiger partial charge in [-0.1, -0.05) is 18.2 Å². The Morgan fingerprint density at radius 1 is 1.29 bits per heavy atom. The third kappa shape index (κ3) is 6.58. The van der Waals surface area contributed by atoms with Crippen molar-refractivity contribution < 1.29 is 14.3 Å². The van der Waals surface area contributed by atoms with Crippen LogP contribution in [0.2, 0.25) is 0 Å². The number of ether oxygens (including phenoxy) is 2. The minimum Gasteiger partial charge on any atom is -0.484 e. The van der Waals surface area contributed by atoms with E-state index in [1.165, 1.54) is 0 Å². The lowest BCUT2D eigenvalue weighted by Gasteiger charge is -2.09. The van der Waals surface area contributed by atoms with Crippen LogP contribution in [0.5, 0.6) is 5.75 Å². The summed E-state index contributed by atoms with van der Waals surface area (Å²) in [5, 5.41) is 2.72. The predicted octanol–water partition coefficient (Wildman–Crippen LogP) is 1.61. The van der Waals surface area contributed by atoms with E-state index in [-0.39, 0.29) is 18.6 Å². The van der Waals surface area contributed by atoms with Gasteiger partial charge in [-0.25, -0.2) is 0 Å². The van der Waals surface area contributed by atoms with Crippen LogP contribution >= 0.6 is 0 Å². The van der Waals surface area contributed by atoms with Crippen molar-refractivity contribution in [2.45, 2.75) is 20.0 Å². The standard InChI is InChI=1S/C13H19NO3/c1-11(2)16-9-8-14-13(15)10-17-12-6-4-3-5-7-12/h3-7,11H,8-10H2,1-2H3,(H,14,15). The van der Waals surface area contributed by atoms with Crippen LogP contribution in [0.4, 0.5) is 0 Å². The van der Waals surface area contributed by atoms with Crippen molar-refractivity contribution in [1.82, 2.24) is 5.32 Å². The van der Waals surface area contributed by atoms with Crippen LogP contribution in [0.15, 0.2) is 30.3 Å². The highest BCUT2D eigenvalue weighted by Gasteiger charge is 2.01. The van der Waals surface area contributed by atoms with Gasteiger partial charge in [-0.05, 0) is 26.0 Å².